The first-order chi connectivity index (χ1) is 3.89. The topological polar surface area (TPSA) is 83.5 Å². The van der Waals surface area contributed by atoms with Crippen LogP contribution in [0.15, 0.2) is 0 Å². The molecule has 4 N–H and O–H groups in total. The molecule has 1 atom stereocenters. The van der Waals surface area contributed by atoms with Gasteiger partial charge in [0.25, 0.3) is 0 Å². The number of aliphatic carboxylic acids is 1. The summed E-state index contributed by atoms with van der Waals surface area (Å²) in [5, 5.41) is 17.1. The van der Waals surface area contributed by atoms with E-state index in [9.17, 15) is 4.79 Å². The van der Waals surface area contributed by atoms with Crippen molar-refractivity contribution >= 4 is 5.97 Å². The molecule has 0 aromatic heterocycles. The van der Waals surface area contributed by atoms with E-state index in [0.29, 0.717) is 0 Å². The van der Waals surface area contributed by atoms with E-state index in [1.807, 2.05) is 0 Å². The molecule has 0 amide bonds. The lowest BCUT2D eigenvalue weighted by atomic mass is 10.0. The Labute approximate surface area is 53.3 Å². The molecule has 0 aromatic carbocycles. The smallest absolute Gasteiger partial charge is 0.351 e. The number of hydrogen-bond donors (Lipinski definition) is 3. The number of nitrogens with two attached hydrogens (primary N) is 1. The number of carboxylic acid groups (broad SMARTS) is 1. The summed E-state index contributed by atoms with van der Waals surface area (Å²) in [5.74, 6) is -1.87. The Morgan fingerprint density at radius 2 is 2.00 bits per heavy atom. The lowest BCUT2D eigenvalue weighted by molar-refractivity contribution is -0.162. The minimum Gasteiger partial charge on any atom is -0.478 e. The summed E-state index contributed by atoms with van der Waals surface area (Å²) in [6.07, 6.45) is 0. The lowest BCUT2D eigenvalue weighted by Crippen LogP contribution is -2.52. The van der Waals surface area contributed by atoms with Crippen LogP contribution in [-0.2, 0) is 4.79 Å². The Hall–Kier alpha value is -0.610. The van der Waals surface area contributed by atoms with Gasteiger partial charge in [0.05, 0.1) is 0 Å². The SMILES string of the molecule is CC(C)[C@](N)(O)C(=O)O. The molecule has 0 aromatic rings. The second kappa shape index (κ2) is 2.33. The van der Waals surface area contributed by atoms with Crippen LogP contribution in [0.1, 0.15) is 13.8 Å². The van der Waals surface area contributed by atoms with E-state index < -0.39 is 17.6 Å². The zero-order chi connectivity index (χ0) is 7.65. The van der Waals surface area contributed by atoms with E-state index in [1.165, 1.54) is 13.8 Å². The summed E-state index contributed by atoms with van der Waals surface area (Å²) in [6.45, 7) is 3.07. The third kappa shape index (κ3) is 1.65. The van der Waals surface area contributed by atoms with E-state index in [0.717, 1.165) is 0 Å². The molecule has 9 heavy (non-hydrogen) atoms. The molecule has 0 aliphatic heterocycles. The maximum atomic E-state index is 10.1. The molecule has 54 valence electrons. The Bertz CT molecular complexity index is 119. The van der Waals surface area contributed by atoms with Gasteiger partial charge in [-0.15, -0.1) is 0 Å². The van der Waals surface area contributed by atoms with Crippen LogP contribution in [0, 0.1) is 5.92 Å². The van der Waals surface area contributed by atoms with Gasteiger partial charge >= 0.3 is 5.97 Å². The molecule has 0 fully saturated rings. The highest BCUT2D eigenvalue weighted by Gasteiger charge is 2.34. The summed E-state index contributed by atoms with van der Waals surface area (Å²) < 4.78 is 0. The number of carboxylic acids is 1. The molecule has 0 aliphatic rings. The van der Waals surface area contributed by atoms with Crippen molar-refractivity contribution in [1.82, 2.24) is 0 Å². The molecule has 0 rings (SSSR count). The van der Waals surface area contributed by atoms with Gasteiger partial charge in [-0.05, 0) is 0 Å². The van der Waals surface area contributed by atoms with Gasteiger partial charge in [-0.25, -0.2) is 4.79 Å². The van der Waals surface area contributed by atoms with Crippen molar-refractivity contribution < 1.29 is 15.0 Å². The van der Waals surface area contributed by atoms with Gasteiger partial charge in [-0.2, -0.15) is 0 Å². The first-order valence-electron chi connectivity index (χ1n) is 2.63. The van der Waals surface area contributed by atoms with Crippen molar-refractivity contribution in [2.75, 3.05) is 0 Å². The summed E-state index contributed by atoms with van der Waals surface area (Å²) in [5.41, 5.74) is 2.88. The number of hydrogen-bond acceptors (Lipinski definition) is 3. The van der Waals surface area contributed by atoms with E-state index in [-0.39, 0.29) is 0 Å². The molecule has 4 heteroatoms. The Kier molecular flexibility index (Phi) is 2.17. The summed E-state index contributed by atoms with van der Waals surface area (Å²) >= 11 is 0. The predicted octanol–water partition coefficient (Wildman–Crippen LogP) is -0.626. The average Bonchev–Trinajstić information content (AvgIpc) is 1.65. The number of rotatable bonds is 2. The fourth-order valence-corrected chi connectivity index (χ4v) is 0.247. The van der Waals surface area contributed by atoms with Crippen molar-refractivity contribution in [3.8, 4) is 0 Å². The van der Waals surface area contributed by atoms with Gasteiger partial charge in [0.2, 0.25) is 5.72 Å². The van der Waals surface area contributed by atoms with Crippen LogP contribution >= 0.6 is 0 Å². The van der Waals surface area contributed by atoms with Gasteiger partial charge in [0.15, 0.2) is 0 Å². The molecule has 0 radical (unpaired) electrons. The highest BCUT2D eigenvalue weighted by Crippen LogP contribution is 2.08. The molecular formula is C5H11NO3. The van der Waals surface area contributed by atoms with Crippen molar-refractivity contribution in [2.24, 2.45) is 11.7 Å². The molecule has 0 heterocycles. The summed E-state index contributed by atoms with van der Waals surface area (Å²) in [7, 11) is 0. The van der Waals surface area contributed by atoms with Gasteiger partial charge in [0, 0.05) is 5.92 Å². The molecule has 0 saturated carbocycles. The van der Waals surface area contributed by atoms with Gasteiger partial charge < -0.3 is 10.2 Å². The standard InChI is InChI=1S/C5H11NO3/c1-3(2)5(6,9)4(7)8/h3,9H,6H2,1-2H3,(H,7,8)/t5-/m0/s1. The van der Waals surface area contributed by atoms with E-state index in [1.54, 1.807) is 0 Å². The van der Waals surface area contributed by atoms with Crippen LogP contribution in [-0.4, -0.2) is 21.9 Å². The molecule has 0 aliphatic carbocycles. The molecule has 0 unspecified atom stereocenters. The average molecular weight is 133 g/mol. The summed E-state index contributed by atoms with van der Waals surface area (Å²) in [4.78, 5) is 10.1. The third-order valence-electron chi connectivity index (χ3n) is 1.22. The molecule has 0 saturated heterocycles. The summed E-state index contributed by atoms with van der Waals surface area (Å²) in [6, 6.07) is 0. The van der Waals surface area contributed by atoms with Crippen molar-refractivity contribution in [3.05, 3.63) is 0 Å². The third-order valence-corrected chi connectivity index (χ3v) is 1.22. The van der Waals surface area contributed by atoms with Crippen LogP contribution in [0.2, 0.25) is 0 Å². The van der Waals surface area contributed by atoms with Crippen molar-refractivity contribution in [1.29, 1.82) is 0 Å². The molecule has 4 nitrogen and oxygen atoms in total. The highest BCUT2D eigenvalue weighted by molar-refractivity contribution is 5.76. The molecule has 0 bridgehead atoms. The lowest BCUT2D eigenvalue weighted by Gasteiger charge is -2.21. The van der Waals surface area contributed by atoms with Crippen LogP contribution in [0.5, 0.6) is 0 Å². The van der Waals surface area contributed by atoms with Gasteiger partial charge in [-0.3, -0.25) is 5.73 Å². The first-order valence-corrected chi connectivity index (χ1v) is 2.63. The van der Waals surface area contributed by atoms with E-state index >= 15 is 0 Å². The second-order valence-corrected chi connectivity index (χ2v) is 2.29. The Balaban J connectivity index is 4.19. The van der Waals surface area contributed by atoms with E-state index in [4.69, 9.17) is 15.9 Å². The number of aliphatic hydroxyl groups is 1. The van der Waals surface area contributed by atoms with Crippen LogP contribution in [0.25, 0.3) is 0 Å². The van der Waals surface area contributed by atoms with Gasteiger partial charge in [0.1, 0.15) is 0 Å². The maximum absolute atomic E-state index is 10.1. The predicted molar refractivity (Wildman–Crippen MR) is 31.6 cm³/mol. The Morgan fingerprint density at radius 3 is 2.00 bits per heavy atom. The maximum Gasteiger partial charge on any atom is 0.351 e. The normalized spacial score (nSPS) is 17.4. The minimum absolute atomic E-state index is 0.477. The number of carbonyl (C=O) groups is 1. The first kappa shape index (κ1) is 8.39. The molecule has 0 spiro atoms. The Morgan fingerprint density at radius 1 is 1.67 bits per heavy atom. The van der Waals surface area contributed by atoms with Gasteiger partial charge in [-0.1, -0.05) is 13.8 Å². The van der Waals surface area contributed by atoms with Crippen LogP contribution < -0.4 is 5.73 Å². The van der Waals surface area contributed by atoms with Crippen LogP contribution in [0.4, 0.5) is 0 Å². The second-order valence-electron chi connectivity index (χ2n) is 2.29. The zero-order valence-corrected chi connectivity index (χ0v) is 5.46. The zero-order valence-electron chi connectivity index (χ0n) is 5.46. The molecular weight excluding hydrogens is 122 g/mol. The largest absolute Gasteiger partial charge is 0.478 e. The van der Waals surface area contributed by atoms with Crippen LogP contribution in [0.3, 0.4) is 0 Å². The monoisotopic (exact) mass is 133 g/mol. The fraction of sp³-hybridized carbons (Fsp3) is 0.800. The highest BCUT2D eigenvalue weighted by atomic mass is 16.4. The van der Waals surface area contributed by atoms with E-state index in [2.05, 4.69) is 0 Å². The van der Waals surface area contributed by atoms with Crippen molar-refractivity contribution in [3.63, 3.8) is 0 Å². The quantitative estimate of drug-likeness (QED) is 0.438. The minimum atomic E-state index is -2.08. The van der Waals surface area contributed by atoms with Crippen molar-refractivity contribution in [2.45, 2.75) is 19.6 Å². The fourth-order valence-electron chi connectivity index (χ4n) is 0.247.